The zero-order valence-corrected chi connectivity index (χ0v) is 10.6. The summed E-state index contributed by atoms with van der Waals surface area (Å²) in [5.74, 6) is -0.151. The van der Waals surface area contributed by atoms with E-state index in [4.69, 9.17) is 5.11 Å². The van der Waals surface area contributed by atoms with Crippen LogP contribution in [0.3, 0.4) is 0 Å². The van der Waals surface area contributed by atoms with E-state index in [1.54, 1.807) is 6.92 Å². The molecule has 0 spiro atoms. The average molecular weight is 228 g/mol. The molecule has 2 atom stereocenters. The van der Waals surface area contributed by atoms with Crippen molar-refractivity contribution in [1.29, 1.82) is 0 Å². The molecular weight excluding hydrogens is 204 g/mol. The van der Waals surface area contributed by atoms with Crippen molar-refractivity contribution in [2.75, 3.05) is 19.6 Å². The summed E-state index contributed by atoms with van der Waals surface area (Å²) in [6.07, 6.45) is 2.35. The Morgan fingerprint density at radius 2 is 2.00 bits per heavy atom. The topological polar surface area (TPSA) is 52.6 Å². The van der Waals surface area contributed by atoms with Crippen molar-refractivity contribution in [2.45, 2.75) is 45.7 Å². The predicted octanol–water partition coefficient (Wildman–Crippen LogP) is 1.17. The lowest BCUT2D eigenvalue weighted by atomic mass is 9.90. The van der Waals surface area contributed by atoms with Gasteiger partial charge < -0.3 is 15.3 Å². The van der Waals surface area contributed by atoms with Crippen LogP contribution in [0.1, 0.15) is 33.6 Å². The fraction of sp³-hybridized carbons (Fsp3) is 0.917. The third kappa shape index (κ3) is 3.76. The number of likely N-dealkylation sites (tertiary alicyclic amines) is 1. The van der Waals surface area contributed by atoms with Crippen LogP contribution in [0.2, 0.25) is 0 Å². The van der Waals surface area contributed by atoms with Gasteiger partial charge >= 0.3 is 5.97 Å². The molecule has 0 aromatic carbocycles. The second kappa shape index (κ2) is 6.21. The first-order chi connectivity index (χ1) is 7.54. The van der Waals surface area contributed by atoms with E-state index in [1.807, 2.05) is 0 Å². The van der Waals surface area contributed by atoms with Crippen molar-refractivity contribution in [3.63, 3.8) is 0 Å². The van der Waals surface area contributed by atoms with Crippen molar-refractivity contribution >= 4 is 5.97 Å². The third-order valence-electron chi connectivity index (χ3n) is 3.67. The Bertz CT molecular complexity index is 225. The lowest BCUT2D eigenvalue weighted by Crippen LogP contribution is -2.46. The maximum Gasteiger partial charge on any atom is 0.320 e. The zero-order valence-electron chi connectivity index (χ0n) is 10.6. The van der Waals surface area contributed by atoms with Gasteiger partial charge in [-0.15, -0.1) is 0 Å². The van der Waals surface area contributed by atoms with Gasteiger partial charge in [0.25, 0.3) is 0 Å². The lowest BCUT2D eigenvalue weighted by molar-refractivity contribution is -0.139. The van der Waals surface area contributed by atoms with Gasteiger partial charge in [-0.2, -0.15) is 0 Å². The van der Waals surface area contributed by atoms with Crippen LogP contribution in [0.15, 0.2) is 0 Å². The monoisotopic (exact) mass is 228 g/mol. The summed E-state index contributed by atoms with van der Waals surface area (Å²) >= 11 is 0. The van der Waals surface area contributed by atoms with Crippen LogP contribution >= 0.6 is 0 Å². The Labute approximate surface area is 98.0 Å². The summed E-state index contributed by atoms with van der Waals surface area (Å²) in [6, 6.07) is -0.149. The second-order valence-electron chi connectivity index (χ2n) is 4.79. The van der Waals surface area contributed by atoms with Crippen LogP contribution in [0, 0.1) is 5.92 Å². The SMILES string of the molecule is CCN1CCC(C(C)NC(C)C(=O)O)CC1. The first-order valence-electron chi connectivity index (χ1n) is 6.25. The molecule has 2 unspecified atom stereocenters. The minimum absolute atomic E-state index is 0.296. The van der Waals surface area contributed by atoms with Crippen LogP contribution in [-0.4, -0.2) is 47.7 Å². The van der Waals surface area contributed by atoms with Crippen LogP contribution in [-0.2, 0) is 4.79 Å². The molecule has 0 aliphatic carbocycles. The molecule has 1 saturated heterocycles. The quantitative estimate of drug-likeness (QED) is 0.741. The molecule has 16 heavy (non-hydrogen) atoms. The number of piperidine rings is 1. The fourth-order valence-corrected chi connectivity index (χ4v) is 2.37. The first kappa shape index (κ1) is 13.5. The molecule has 1 aliphatic rings. The van der Waals surface area contributed by atoms with Crippen molar-refractivity contribution in [1.82, 2.24) is 10.2 Å². The van der Waals surface area contributed by atoms with E-state index in [0.717, 1.165) is 19.6 Å². The van der Waals surface area contributed by atoms with E-state index in [0.29, 0.717) is 12.0 Å². The Hall–Kier alpha value is -0.610. The summed E-state index contributed by atoms with van der Waals surface area (Å²) in [6.45, 7) is 9.42. The van der Waals surface area contributed by atoms with E-state index in [-0.39, 0.29) is 0 Å². The normalized spacial score (nSPS) is 22.9. The summed E-state index contributed by atoms with van der Waals surface area (Å²) < 4.78 is 0. The predicted molar refractivity (Wildman–Crippen MR) is 64.5 cm³/mol. The molecule has 1 rings (SSSR count). The molecule has 2 N–H and O–H groups in total. The molecule has 0 aromatic rings. The number of rotatable bonds is 5. The van der Waals surface area contributed by atoms with Crippen molar-refractivity contribution in [3.8, 4) is 0 Å². The summed E-state index contributed by atoms with van der Waals surface area (Å²) in [4.78, 5) is 13.2. The average Bonchev–Trinajstić information content (AvgIpc) is 2.28. The van der Waals surface area contributed by atoms with Crippen molar-refractivity contribution < 1.29 is 9.90 Å². The van der Waals surface area contributed by atoms with Crippen LogP contribution in [0.25, 0.3) is 0 Å². The zero-order chi connectivity index (χ0) is 12.1. The molecule has 0 saturated carbocycles. The van der Waals surface area contributed by atoms with Gasteiger partial charge in [0, 0.05) is 6.04 Å². The molecule has 4 nitrogen and oxygen atoms in total. The molecule has 0 radical (unpaired) electrons. The van der Waals surface area contributed by atoms with Gasteiger partial charge in [-0.3, -0.25) is 4.79 Å². The molecule has 0 aromatic heterocycles. The van der Waals surface area contributed by atoms with E-state index >= 15 is 0 Å². The lowest BCUT2D eigenvalue weighted by Gasteiger charge is -2.35. The molecular formula is C12H24N2O2. The molecule has 94 valence electrons. The highest BCUT2D eigenvalue weighted by molar-refractivity contribution is 5.72. The Morgan fingerprint density at radius 1 is 1.44 bits per heavy atom. The maximum atomic E-state index is 10.7. The number of nitrogens with zero attached hydrogens (tertiary/aromatic N) is 1. The molecule has 1 aliphatic heterocycles. The van der Waals surface area contributed by atoms with E-state index < -0.39 is 12.0 Å². The van der Waals surface area contributed by atoms with Crippen molar-refractivity contribution in [3.05, 3.63) is 0 Å². The van der Waals surface area contributed by atoms with Gasteiger partial charge in [0.1, 0.15) is 6.04 Å². The summed E-state index contributed by atoms with van der Waals surface area (Å²) in [5.41, 5.74) is 0. The van der Waals surface area contributed by atoms with Crippen LogP contribution < -0.4 is 5.32 Å². The number of hydrogen-bond acceptors (Lipinski definition) is 3. The number of carboxylic acid groups (broad SMARTS) is 1. The highest BCUT2D eigenvalue weighted by Gasteiger charge is 2.25. The van der Waals surface area contributed by atoms with Crippen molar-refractivity contribution in [2.24, 2.45) is 5.92 Å². The van der Waals surface area contributed by atoms with E-state index in [9.17, 15) is 4.79 Å². The largest absolute Gasteiger partial charge is 0.480 e. The molecule has 1 heterocycles. The van der Waals surface area contributed by atoms with Crippen LogP contribution in [0.5, 0.6) is 0 Å². The summed E-state index contributed by atoms with van der Waals surface area (Å²) in [7, 11) is 0. The number of hydrogen-bond donors (Lipinski definition) is 2. The van der Waals surface area contributed by atoms with E-state index in [2.05, 4.69) is 24.1 Å². The molecule has 4 heteroatoms. The van der Waals surface area contributed by atoms with Gasteiger partial charge in [0.15, 0.2) is 0 Å². The molecule has 0 amide bonds. The van der Waals surface area contributed by atoms with Gasteiger partial charge in [-0.25, -0.2) is 0 Å². The molecule has 1 fully saturated rings. The highest BCUT2D eigenvalue weighted by Crippen LogP contribution is 2.20. The minimum atomic E-state index is -0.766. The van der Waals surface area contributed by atoms with Crippen LogP contribution in [0.4, 0.5) is 0 Å². The minimum Gasteiger partial charge on any atom is -0.480 e. The first-order valence-corrected chi connectivity index (χ1v) is 6.25. The number of carbonyl (C=O) groups is 1. The number of aliphatic carboxylic acids is 1. The summed E-state index contributed by atoms with van der Waals surface area (Å²) in [5, 5.41) is 12.0. The van der Waals surface area contributed by atoms with Gasteiger partial charge in [0.2, 0.25) is 0 Å². The standard InChI is InChI=1S/C12H24N2O2/c1-4-14-7-5-11(6-8-14)9(2)13-10(3)12(15)16/h9-11,13H,4-8H2,1-3H3,(H,15,16). The maximum absolute atomic E-state index is 10.7. The molecule has 0 bridgehead atoms. The fourth-order valence-electron chi connectivity index (χ4n) is 2.37. The Balaban J connectivity index is 2.33. The van der Waals surface area contributed by atoms with Gasteiger partial charge in [-0.1, -0.05) is 6.92 Å². The Kier molecular flexibility index (Phi) is 5.22. The van der Waals surface area contributed by atoms with Gasteiger partial charge in [0.05, 0.1) is 0 Å². The smallest absolute Gasteiger partial charge is 0.320 e. The number of carboxylic acids is 1. The highest BCUT2D eigenvalue weighted by atomic mass is 16.4. The third-order valence-corrected chi connectivity index (χ3v) is 3.67. The second-order valence-corrected chi connectivity index (χ2v) is 4.79. The van der Waals surface area contributed by atoms with Gasteiger partial charge in [-0.05, 0) is 52.2 Å². The number of nitrogens with one attached hydrogen (secondary N) is 1. The van der Waals surface area contributed by atoms with E-state index in [1.165, 1.54) is 12.8 Å². The Morgan fingerprint density at radius 3 is 2.44 bits per heavy atom.